The molecule has 0 radical (unpaired) electrons. The van der Waals surface area contributed by atoms with Crippen molar-refractivity contribution in [2.24, 2.45) is 0 Å². The number of fused-ring (bicyclic) bond motifs is 1. The van der Waals surface area contributed by atoms with Gasteiger partial charge in [0.05, 0.1) is 11.6 Å². The van der Waals surface area contributed by atoms with Crippen molar-refractivity contribution in [3.63, 3.8) is 0 Å². The highest BCUT2D eigenvalue weighted by molar-refractivity contribution is 5.85. The van der Waals surface area contributed by atoms with E-state index >= 15 is 0 Å². The van der Waals surface area contributed by atoms with Gasteiger partial charge < -0.3 is 9.84 Å². The van der Waals surface area contributed by atoms with E-state index in [-0.39, 0.29) is 17.8 Å². The molecule has 0 amide bonds. The summed E-state index contributed by atoms with van der Waals surface area (Å²) in [5.41, 5.74) is 2.17. The molecule has 0 saturated heterocycles. The fraction of sp³-hybridized carbons (Fsp3) is 0.350. The van der Waals surface area contributed by atoms with Gasteiger partial charge in [-0.2, -0.15) is 10.1 Å². The van der Waals surface area contributed by atoms with E-state index in [1.807, 2.05) is 6.07 Å². The van der Waals surface area contributed by atoms with Crippen LogP contribution in [0.1, 0.15) is 48.0 Å². The van der Waals surface area contributed by atoms with Crippen LogP contribution in [0.2, 0.25) is 0 Å². The van der Waals surface area contributed by atoms with Crippen molar-refractivity contribution in [1.29, 1.82) is 0 Å². The van der Waals surface area contributed by atoms with Crippen LogP contribution in [0.5, 0.6) is 0 Å². The van der Waals surface area contributed by atoms with E-state index in [0.717, 1.165) is 36.0 Å². The number of hydrogen-bond donors (Lipinski definition) is 2. The van der Waals surface area contributed by atoms with Crippen LogP contribution >= 0.6 is 0 Å². The largest absolute Gasteiger partial charge is 0.367 e. The van der Waals surface area contributed by atoms with E-state index in [1.54, 1.807) is 19.2 Å². The van der Waals surface area contributed by atoms with Crippen LogP contribution in [-0.2, 0) is 6.42 Å². The van der Waals surface area contributed by atoms with Gasteiger partial charge in [-0.3, -0.25) is 5.10 Å². The predicted molar refractivity (Wildman–Crippen MR) is 104 cm³/mol. The van der Waals surface area contributed by atoms with Crippen LogP contribution in [0.3, 0.4) is 0 Å². The Kier molecular flexibility index (Phi) is 4.42. The number of nitrogens with zero attached hydrogens (tertiary/aromatic N) is 5. The number of halogens is 1. The summed E-state index contributed by atoms with van der Waals surface area (Å²) in [6.07, 6.45) is 6.52. The third-order valence-electron chi connectivity index (χ3n) is 5.45. The maximum atomic E-state index is 13.7. The van der Waals surface area contributed by atoms with Crippen LogP contribution in [-0.4, -0.2) is 36.3 Å². The van der Waals surface area contributed by atoms with Crippen molar-refractivity contribution in [2.45, 2.75) is 44.6 Å². The summed E-state index contributed by atoms with van der Waals surface area (Å²) in [4.78, 5) is 13.1. The Balaban J connectivity index is 1.25. The number of aryl methyl sites for hydroxylation is 1. The number of aromatic nitrogens is 6. The van der Waals surface area contributed by atoms with Crippen LogP contribution in [0.15, 0.2) is 35.2 Å². The maximum Gasteiger partial charge on any atom is 0.229 e. The molecule has 2 N–H and O–H groups in total. The molecule has 5 rings (SSSR count). The molecular weight excluding hydrogens is 373 g/mol. The highest BCUT2D eigenvalue weighted by atomic mass is 19.1. The Morgan fingerprint density at radius 1 is 1.28 bits per heavy atom. The zero-order chi connectivity index (χ0) is 19.8. The standard InChI is InChI=1S/C20H20FN7O/c1-11-2-3-12(6-16(11)21)7-17-26-20(29-28-17)13-4-5-14(8-13)25-18-15-9-24-27-19(15)23-10-22-18/h2-3,6,9-10,13-14H,4-5,7-8H2,1H3,(H2,22,23,24,25,27)/t13-,14-/m0/s1. The molecule has 1 aromatic carbocycles. The second-order valence-corrected chi connectivity index (χ2v) is 7.51. The smallest absolute Gasteiger partial charge is 0.229 e. The van der Waals surface area contributed by atoms with Gasteiger partial charge in [-0.25, -0.2) is 14.4 Å². The molecule has 0 aliphatic heterocycles. The van der Waals surface area contributed by atoms with Crippen molar-refractivity contribution < 1.29 is 8.91 Å². The molecule has 4 aromatic rings. The van der Waals surface area contributed by atoms with Gasteiger partial charge in [-0.05, 0) is 43.4 Å². The number of hydrogen-bond acceptors (Lipinski definition) is 7. The molecule has 3 heterocycles. The Bertz CT molecular complexity index is 1150. The fourth-order valence-electron chi connectivity index (χ4n) is 3.84. The van der Waals surface area contributed by atoms with Gasteiger partial charge in [0.15, 0.2) is 11.5 Å². The van der Waals surface area contributed by atoms with E-state index < -0.39 is 0 Å². The zero-order valence-corrected chi connectivity index (χ0v) is 15.9. The number of nitrogens with one attached hydrogen (secondary N) is 2. The average Bonchev–Trinajstić information content (AvgIpc) is 3.45. The molecule has 29 heavy (non-hydrogen) atoms. The molecule has 1 aliphatic carbocycles. The van der Waals surface area contributed by atoms with E-state index in [4.69, 9.17) is 4.52 Å². The summed E-state index contributed by atoms with van der Waals surface area (Å²) in [5.74, 6) is 1.99. The van der Waals surface area contributed by atoms with E-state index in [9.17, 15) is 4.39 Å². The van der Waals surface area contributed by atoms with Gasteiger partial charge in [0.25, 0.3) is 0 Å². The molecule has 1 saturated carbocycles. The summed E-state index contributed by atoms with van der Waals surface area (Å²) >= 11 is 0. The summed E-state index contributed by atoms with van der Waals surface area (Å²) in [5, 5.41) is 15.3. The van der Waals surface area contributed by atoms with Crippen molar-refractivity contribution >= 4 is 16.9 Å². The lowest BCUT2D eigenvalue weighted by Crippen LogP contribution is -2.16. The zero-order valence-electron chi connectivity index (χ0n) is 15.9. The Morgan fingerprint density at radius 2 is 2.21 bits per heavy atom. The lowest BCUT2D eigenvalue weighted by atomic mass is 10.1. The van der Waals surface area contributed by atoms with Gasteiger partial charge >= 0.3 is 0 Å². The lowest BCUT2D eigenvalue weighted by Gasteiger charge is -2.13. The van der Waals surface area contributed by atoms with Crippen LogP contribution in [0.4, 0.5) is 10.2 Å². The number of aromatic amines is 1. The van der Waals surface area contributed by atoms with E-state index in [2.05, 4.69) is 35.6 Å². The minimum Gasteiger partial charge on any atom is -0.367 e. The molecule has 1 fully saturated rings. The highest BCUT2D eigenvalue weighted by Crippen LogP contribution is 2.35. The molecule has 148 valence electrons. The van der Waals surface area contributed by atoms with Gasteiger partial charge in [-0.1, -0.05) is 17.3 Å². The first-order valence-corrected chi connectivity index (χ1v) is 9.64. The normalized spacial score (nSPS) is 19.1. The first kappa shape index (κ1) is 17.7. The van der Waals surface area contributed by atoms with E-state index in [0.29, 0.717) is 29.3 Å². The van der Waals surface area contributed by atoms with Crippen molar-refractivity contribution in [3.8, 4) is 0 Å². The number of anilines is 1. The second-order valence-electron chi connectivity index (χ2n) is 7.51. The Hall–Kier alpha value is -3.36. The minimum absolute atomic E-state index is 0.199. The van der Waals surface area contributed by atoms with Gasteiger partial charge in [-0.15, -0.1) is 0 Å². The summed E-state index contributed by atoms with van der Waals surface area (Å²) in [7, 11) is 0. The average molecular weight is 393 g/mol. The first-order valence-electron chi connectivity index (χ1n) is 9.64. The van der Waals surface area contributed by atoms with Crippen LogP contribution < -0.4 is 5.32 Å². The molecule has 8 nitrogen and oxygen atoms in total. The Morgan fingerprint density at radius 3 is 3.10 bits per heavy atom. The van der Waals surface area contributed by atoms with Crippen LogP contribution in [0.25, 0.3) is 11.0 Å². The molecule has 0 unspecified atom stereocenters. The molecule has 3 aromatic heterocycles. The summed E-state index contributed by atoms with van der Waals surface area (Å²) in [6, 6.07) is 5.44. The van der Waals surface area contributed by atoms with Crippen LogP contribution in [0, 0.1) is 12.7 Å². The Labute approximate surface area is 166 Å². The minimum atomic E-state index is -0.215. The molecule has 1 aliphatic rings. The predicted octanol–water partition coefficient (Wildman–Crippen LogP) is 3.52. The lowest BCUT2D eigenvalue weighted by molar-refractivity contribution is 0.350. The quantitative estimate of drug-likeness (QED) is 0.534. The van der Waals surface area contributed by atoms with Gasteiger partial charge in [0.2, 0.25) is 5.89 Å². The monoisotopic (exact) mass is 393 g/mol. The highest BCUT2D eigenvalue weighted by Gasteiger charge is 2.30. The van der Waals surface area contributed by atoms with Crippen molar-refractivity contribution in [3.05, 3.63) is 59.4 Å². The van der Waals surface area contributed by atoms with Gasteiger partial charge in [0.1, 0.15) is 18.0 Å². The molecule has 9 heteroatoms. The third kappa shape index (κ3) is 3.55. The van der Waals surface area contributed by atoms with E-state index in [1.165, 1.54) is 12.4 Å². The summed E-state index contributed by atoms with van der Waals surface area (Å²) < 4.78 is 19.3. The maximum absolute atomic E-state index is 13.7. The summed E-state index contributed by atoms with van der Waals surface area (Å²) in [6.45, 7) is 1.75. The second kappa shape index (κ2) is 7.23. The third-order valence-corrected chi connectivity index (χ3v) is 5.45. The number of benzene rings is 1. The number of rotatable bonds is 5. The molecular formula is C20H20FN7O. The molecule has 2 atom stereocenters. The number of H-pyrrole nitrogens is 1. The van der Waals surface area contributed by atoms with Crippen molar-refractivity contribution in [2.75, 3.05) is 5.32 Å². The molecule has 0 bridgehead atoms. The fourth-order valence-corrected chi connectivity index (χ4v) is 3.84. The van der Waals surface area contributed by atoms with Gasteiger partial charge in [0, 0.05) is 18.4 Å². The van der Waals surface area contributed by atoms with Crippen molar-refractivity contribution in [1.82, 2.24) is 30.3 Å². The SMILES string of the molecule is Cc1ccc(Cc2noc([C@H]3CC[C@H](Nc4ncnc5[nH]ncc45)C3)n2)cc1F. The molecule has 0 spiro atoms. The topological polar surface area (TPSA) is 105 Å². The first-order chi connectivity index (χ1) is 14.2.